The van der Waals surface area contributed by atoms with Crippen molar-refractivity contribution >= 4 is 17.2 Å². The van der Waals surface area contributed by atoms with Gasteiger partial charge in [-0.15, -0.1) is 11.3 Å². The number of carbonyl (C=O) groups is 1. The molecule has 0 bridgehead atoms. The summed E-state index contributed by atoms with van der Waals surface area (Å²) in [5, 5.41) is 23.6. The van der Waals surface area contributed by atoms with Gasteiger partial charge in [-0.05, 0) is 68.0 Å². The Hall–Kier alpha value is -3.25. The maximum absolute atomic E-state index is 12.5. The third kappa shape index (κ3) is 5.00. The first-order valence-corrected chi connectivity index (χ1v) is 13.2. The number of β-amino-alcohol motifs (C(OH)–C–C–N with tert-alkyl or cyclic N) is 1. The van der Waals surface area contributed by atoms with Gasteiger partial charge in [-0.2, -0.15) is 5.26 Å². The van der Waals surface area contributed by atoms with Crippen LogP contribution in [0.4, 0.5) is 0 Å². The van der Waals surface area contributed by atoms with Crippen molar-refractivity contribution in [3.63, 3.8) is 0 Å². The molecule has 0 radical (unpaired) electrons. The van der Waals surface area contributed by atoms with Gasteiger partial charge in [-0.1, -0.05) is 18.2 Å². The van der Waals surface area contributed by atoms with Crippen LogP contribution in [0.25, 0.3) is 21.0 Å². The van der Waals surface area contributed by atoms with E-state index in [1.165, 1.54) is 16.7 Å². The minimum absolute atomic E-state index is 0.000793. The zero-order valence-corrected chi connectivity index (χ0v) is 21.3. The summed E-state index contributed by atoms with van der Waals surface area (Å²) in [6.45, 7) is 5.23. The number of carbonyl (C=O) groups excluding carboxylic acids is 1. The highest BCUT2D eigenvalue weighted by atomic mass is 32.1. The molecule has 2 N–H and O–H groups in total. The molecule has 1 aromatic heterocycles. The van der Waals surface area contributed by atoms with Gasteiger partial charge in [0.1, 0.15) is 16.8 Å². The van der Waals surface area contributed by atoms with E-state index in [2.05, 4.69) is 34.6 Å². The molecule has 2 atom stereocenters. The molecule has 8 heteroatoms. The van der Waals surface area contributed by atoms with Gasteiger partial charge in [0.2, 0.25) is 5.91 Å². The third-order valence-corrected chi connectivity index (χ3v) is 7.85. The number of nitrogens with one attached hydrogen (secondary N) is 1. The van der Waals surface area contributed by atoms with E-state index in [1.807, 2.05) is 38.2 Å². The smallest absolute Gasteiger partial charge is 0.236 e. The molecule has 36 heavy (non-hydrogen) atoms. The van der Waals surface area contributed by atoms with Crippen LogP contribution in [0.3, 0.4) is 0 Å². The second-order valence-electron chi connectivity index (χ2n) is 9.65. The molecule has 0 spiro atoms. The van der Waals surface area contributed by atoms with Crippen molar-refractivity contribution in [3.05, 3.63) is 59.3 Å². The number of benzene rings is 2. The highest BCUT2D eigenvalue weighted by Crippen LogP contribution is 2.41. The fourth-order valence-electron chi connectivity index (χ4n) is 5.03. The summed E-state index contributed by atoms with van der Waals surface area (Å²) in [7, 11) is 0. The zero-order chi connectivity index (χ0) is 25.2. The molecule has 186 valence electrons. The second kappa shape index (κ2) is 10.4. The van der Waals surface area contributed by atoms with Gasteiger partial charge in [0.15, 0.2) is 0 Å². The van der Waals surface area contributed by atoms with E-state index in [4.69, 9.17) is 4.74 Å². The summed E-state index contributed by atoms with van der Waals surface area (Å²) >= 11 is 1.61. The molecule has 2 aliphatic rings. The average molecular weight is 503 g/mol. The Morgan fingerprint density at radius 2 is 2.19 bits per heavy atom. The predicted molar refractivity (Wildman–Crippen MR) is 140 cm³/mol. The molecule has 1 unspecified atom stereocenters. The van der Waals surface area contributed by atoms with Crippen LogP contribution in [0.2, 0.25) is 0 Å². The topological polar surface area (TPSA) is 98.5 Å². The van der Waals surface area contributed by atoms with Gasteiger partial charge in [0.25, 0.3) is 0 Å². The van der Waals surface area contributed by atoms with Crippen molar-refractivity contribution in [2.75, 3.05) is 19.6 Å². The summed E-state index contributed by atoms with van der Waals surface area (Å²) in [6.07, 6.45) is 4.04. The highest BCUT2D eigenvalue weighted by Gasteiger charge is 2.28. The van der Waals surface area contributed by atoms with Gasteiger partial charge in [-0.3, -0.25) is 4.79 Å². The molecule has 7 nitrogen and oxygen atoms in total. The van der Waals surface area contributed by atoms with Gasteiger partial charge in [-0.25, -0.2) is 4.98 Å². The molecular weight excluding hydrogens is 472 g/mol. The van der Waals surface area contributed by atoms with Crippen LogP contribution >= 0.6 is 11.3 Å². The number of hydrogen-bond donors (Lipinski definition) is 2. The molecule has 2 aromatic carbocycles. The maximum atomic E-state index is 12.5. The largest absolute Gasteiger partial charge is 0.490 e. The Kier molecular flexibility index (Phi) is 7.06. The van der Waals surface area contributed by atoms with Crippen LogP contribution < -0.4 is 10.1 Å². The number of fused-ring (bicyclic) bond motifs is 1. The first-order chi connectivity index (χ1) is 17.4. The Morgan fingerprint density at radius 3 is 2.94 bits per heavy atom. The summed E-state index contributed by atoms with van der Waals surface area (Å²) in [5.74, 6) is 0.636. The number of aliphatic hydroxyl groups is 1. The molecule has 1 saturated heterocycles. The minimum atomic E-state index is -0.397. The van der Waals surface area contributed by atoms with E-state index in [0.29, 0.717) is 30.8 Å². The van der Waals surface area contributed by atoms with Crippen molar-refractivity contribution in [1.29, 1.82) is 5.26 Å². The standard InChI is InChI=1S/C28H30N4O3S/c1-17(2)35-25-9-6-18(12-19(25)13-29)28-31-14-26(36-28)23-5-3-4-22-21(23)7-8-24(22)30-15-27(34)32-11-10-20(33)16-32/h3-6,9,12,14,17,20,24,30,33H,7-8,10-11,15-16H2,1-2H3/t20-,24?/m1/s1. The van der Waals surface area contributed by atoms with Crippen LogP contribution in [-0.4, -0.2) is 52.7 Å². The van der Waals surface area contributed by atoms with Crippen LogP contribution in [0.1, 0.15) is 49.4 Å². The third-order valence-electron chi connectivity index (χ3n) is 6.77. The Bertz CT molecular complexity index is 1310. The number of likely N-dealkylation sites (tertiary alicyclic amines) is 1. The zero-order valence-electron chi connectivity index (χ0n) is 20.5. The number of rotatable bonds is 7. The van der Waals surface area contributed by atoms with Gasteiger partial charge in [0.05, 0.1) is 29.2 Å². The molecule has 3 aromatic rings. The maximum Gasteiger partial charge on any atom is 0.236 e. The number of hydrogen-bond acceptors (Lipinski definition) is 7. The second-order valence-corrected chi connectivity index (χ2v) is 10.7. The van der Waals surface area contributed by atoms with Gasteiger partial charge < -0.3 is 20.1 Å². The SMILES string of the molecule is CC(C)Oc1ccc(-c2ncc(-c3cccc4c3CCC4NCC(=O)N3CC[C@@H](O)C3)s2)cc1C#N. The number of aromatic nitrogens is 1. The average Bonchev–Trinajstić information content (AvgIpc) is 3.62. The molecule has 2 heterocycles. The first-order valence-electron chi connectivity index (χ1n) is 12.4. The van der Waals surface area contributed by atoms with Gasteiger partial charge in [0, 0.05) is 30.9 Å². The molecule has 1 fully saturated rings. The molecular formula is C28H30N4O3S. The van der Waals surface area contributed by atoms with Gasteiger partial charge >= 0.3 is 0 Å². The van der Waals surface area contributed by atoms with Crippen LogP contribution in [0.5, 0.6) is 5.75 Å². The molecule has 5 rings (SSSR count). The Balaban J connectivity index is 1.32. The lowest BCUT2D eigenvalue weighted by atomic mass is 10.0. The van der Waals surface area contributed by atoms with E-state index >= 15 is 0 Å². The summed E-state index contributed by atoms with van der Waals surface area (Å²) < 4.78 is 5.75. The molecule has 1 amide bonds. The minimum Gasteiger partial charge on any atom is -0.490 e. The van der Waals surface area contributed by atoms with Crippen molar-refractivity contribution in [3.8, 4) is 32.8 Å². The predicted octanol–water partition coefficient (Wildman–Crippen LogP) is 4.31. The summed E-state index contributed by atoms with van der Waals surface area (Å²) in [6, 6.07) is 14.3. The normalized spacial score (nSPS) is 18.9. The number of aliphatic hydroxyl groups excluding tert-OH is 1. The van der Waals surface area contributed by atoms with E-state index in [0.717, 1.165) is 28.3 Å². The van der Waals surface area contributed by atoms with Crippen LogP contribution in [0.15, 0.2) is 42.6 Å². The fraction of sp³-hybridized carbons (Fsp3) is 0.393. The van der Waals surface area contributed by atoms with Crippen LogP contribution in [-0.2, 0) is 11.2 Å². The Labute approximate surface area is 215 Å². The van der Waals surface area contributed by atoms with E-state index < -0.39 is 6.10 Å². The highest BCUT2D eigenvalue weighted by molar-refractivity contribution is 7.18. The van der Waals surface area contributed by atoms with E-state index in [1.54, 1.807) is 16.2 Å². The number of amides is 1. The number of nitriles is 1. The lowest BCUT2D eigenvalue weighted by Gasteiger charge is -2.19. The monoisotopic (exact) mass is 502 g/mol. The quantitative estimate of drug-likeness (QED) is 0.500. The van der Waals surface area contributed by atoms with Crippen molar-refractivity contribution < 1.29 is 14.6 Å². The fourth-order valence-corrected chi connectivity index (χ4v) is 5.99. The number of nitrogens with zero attached hydrogens (tertiary/aromatic N) is 3. The molecule has 1 aliphatic heterocycles. The van der Waals surface area contributed by atoms with Crippen molar-refractivity contribution in [2.24, 2.45) is 0 Å². The first kappa shape index (κ1) is 24.4. The van der Waals surface area contributed by atoms with Crippen molar-refractivity contribution in [1.82, 2.24) is 15.2 Å². The number of thiazole rings is 1. The van der Waals surface area contributed by atoms with E-state index in [9.17, 15) is 15.2 Å². The summed E-state index contributed by atoms with van der Waals surface area (Å²) in [5.41, 5.74) is 5.11. The van der Waals surface area contributed by atoms with Crippen molar-refractivity contribution in [2.45, 2.75) is 51.4 Å². The number of ether oxygens (including phenoxy) is 1. The lowest BCUT2D eigenvalue weighted by molar-refractivity contribution is -0.129. The summed E-state index contributed by atoms with van der Waals surface area (Å²) in [4.78, 5) is 20.0. The molecule has 1 aliphatic carbocycles. The van der Waals surface area contributed by atoms with Crippen LogP contribution in [0, 0.1) is 11.3 Å². The lowest BCUT2D eigenvalue weighted by Crippen LogP contribution is -2.38. The molecule has 0 saturated carbocycles. The Morgan fingerprint density at radius 1 is 1.33 bits per heavy atom. The van der Waals surface area contributed by atoms with E-state index in [-0.39, 0.29) is 24.6 Å².